The topological polar surface area (TPSA) is 119 Å². The normalized spacial score (nSPS) is 23.8. The van der Waals surface area contributed by atoms with Gasteiger partial charge in [0.1, 0.15) is 30.8 Å². The molecule has 0 aromatic heterocycles. The van der Waals surface area contributed by atoms with Crippen LogP contribution in [0.2, 0.25) is 0 Å². The maximum Gasteiger partial charge on any atom is 0.410 e. The molecule has 312 valence electrons. The summed E-state index contributed by atoms with van der Waals surface area (Å²) >= 11 is 7.71. The lowest BCUT2D eigenvalue weighted by Gasteiger charge is -2.59. The maximum absolute atomic E-state index is 13.8. The van der Waals surface area contributed by atoms with Crippen LogP contribution in [-0.2, 0) is 20.9 Å². The third-order valence-corrected chi connectivity index (χ3v) is 12.4. The SMILES string of the molecule is C=CCO[C@@]12Oc3ccc(OCCSc4ccccc4)cc3[C@H]3[C@H](CCCCO)[C@@H](CCCCO)C=C(C(=NOCc4ccccc4)C[C@@H]1N(C)C(=O)OCCCl)[C@H]32. The molecule has 1 fully saturated rings. The number of carbonyl (C=O) groups is 1. The Hall–Kier alpha value is -4.00. The van der Waals surface area contributed by atoms with Gasteiger partial charge in [0, 0.05) is 48.8 Å². The van der Waals surface area contributed by atoms with Gasteiger partial charge in [0.15, 0.2) is 0 Å². The number of ether oxygens (including phenoxy) is 4. The first-order valence-corrected chi connectivity index (χ1v) is 22.0. The van der Waals surface area contributed by atoms with E-state index in [-0.39, 0.29) is 63.1 Å². The van der Waals surface area contributed by atoms with E-state index in [1.165, 1.54) is 4.90 Å². The van der Waals surface area contributed by atoms with Gasteiger partial charge in [0.25, 0.3) is 0 Å². The minimum absolute atomic E-state index is 0.0507. The molecule has 0 unspecified atom stereocenters. The Labute approximate surface area is 352 Å². The number of unbranched alkanes of at least 4 members (excludes halogenated alkanes) is 2. The fourth-order valence-corrected chi connectivity index (χ4v) is 9.60. The molecular weight excluding hydrogens is 776 g/mol. The Kier molecular flexibility index (Phi) is 16.4. The standard InChI is InChI=1S/C46H57ClN2O8S/c1-3-25-55-46-42(49(2)45(52)54-26-22-47)31-40(48-56-32-33-14-6-4-7-15-33)38-29-34(16-10-12-23-50)37(19-11-13-24-51)43(44(38)46)39-30-35(20-21-41(39)57-46)53-27-28-58-36-17-8-5-9-18-36/h3-9,14-15,17-18,20-21,29-30,34,37,42-44,50-51H,1,10-13,16,19,22-28,31-32H2,2H3/t34-,37+,42-,43+,44+,46+/m0/s1. The van der Waals surface area contributed by atoms with Gasteiger partial charge in [-0.1, -0.05) is 78.7 Å². The molecule has 2 aliphatic carbocycles. The number of aliphatic hydroxyl groups excluding tert-OH is 2. The second-order valence-corrected chi connectivity index (χ2v) is 16.5. The van der Waals surface area contributed by atoms with Gasteiger partial charge in [-0.05, 0) is 79.0 Å². The molecule has 3 aromatic rings. The monoisotopic (exact) mass is 832 g/mol. The van der Waals surface area contributed by atoms with E-state index in [0.29, 0.717) is 30.9 Å². The van der Waals surface area contributed by atoms with Crippen LogP contribution in [0.25, 0.3) is 0 Å². The molecule has 3 aromatic carbocycles. The molecule has 0 bridgehead atoms. The Balaban J connectivity index is 1.47. The fourth-order valence-electron chi connectivity index (χ4n) is 8.77. The van der Waals surface area contributed by atoms with Crippen molar-refractivity contribution in [3.05, 3.63) is 114 Å². The number of aliphatic hydroxyl groups is 2. The molecule has 1 aliphatic heterocycles. The Bertz CT molecular complexity index is 1830. The van der Waals surface area contributed by atoms with Gasteiger partial charge >= 0.3 is 6.09 Å². The van der Waals surface area contributed by atoms with Crippen molar-refractivity contribution in [1.29, 1.82) is 0 Å². The number of likely N-dealkylation sites (N-methyl/N-ethyl adjacent to an activating group) is 1. The van der Waals surface area contributed by atoms with Crippen LogP contribution in [0.1, 0.15) is 62.0 Å². The summed E-state index contributed by atoms with van der Waals surface area (Å²) in [5.74, 6) is 0.578. The number of nitrogens with zero attached hydrogens (tertiary/aromatic N) is 2. The van der Waals surface area contributed by atoms with Gasteiger partial charge in [-0.3, -0.25) is 0 Å². The number of amides is 1. The first-order chi connectivity index (χ1) is 28.4. The molecule has 1 saturated carbocycles. The Morgan fingerprint density at radius 1 is 1.02 bits per heavy atom. The van der Waals surface area contributed by atoms with E-state index in [2.05, 4.69) is 30.9 Å². The predicted molar refractivity (Wildman–Crippen MR) is 229 cm³/mol. The van der Waals surface area contributed by atoms with E-state index >= 15 is 0 Å². The van der Waals surface area contributed by atoms with E-state index in [4.69, 9.17) is 40.5 Å². The van der Waals surface area contributed by atoms with Gasteiger partial charge in [0.05, 0.1) is 30.7 Å². The molecule has 12 heteroatoms. The van der Waals surface area contributed by atoms with Gasteiger partial charge in [-0.25, -0.2) is 4.79 Å². The van der Waals surface area contributed by atoms with Crippen LogP contribution in [0.5, 0.6) is 11.5 Å². The zero-order valence-electron chi connectivity index (χ0n) is 33.4. The summed E-state index contributed by atoms with van der Waals surface area (Å²) < 4.78 is 26.2. The van der Waals surface area contributed by atoms with Crippen molar-refractivity contribution in [2.45, 2.75) is 74.2 Å². The van der Waals surface area contributed by atoms with Gasteiger partial charge < -0.3 is 38.9 Å². The lowest BCUT2D eigenvalue weighted by Crippen LogP contribution is -2.69. The Morgan fingerprint density at radius 2 is 1.76 bits per heavy atom. The first kappa shape index (κ1) is 43.6. The number of hydrogen-bond acceptors (Lipinski definition) is 10. The number of benzene rings is 3. The number of oxime groups is 1. The molecule has 10 nitrogen and oxygen atoms in total. The number of thioether (sulfide) groups is 1. The summed E-state index contributed by atoms with van der Waals surface area (Å²) in [6.45, 7) is 5.22. The summed E-state index contributed by atoms with van der Waals surface area (Å²) in [7, 11) is 1.70. The highest BCUT2D eigenvalue weighted by atomic mass is 35.5. The lowest BCUT2D eigenvalue weighted by molar-refractivity contribution is -0.253. The minimum Gasteiger partial charge on any atom is -0.493 e. The third-order valence-electron chi connectivity index (χ3n) is 11.3. The summed E-state index contributed by atoms with van der Waals surface area (Å²) in [6.07, 6.45) is 8.47. The van der Waals surface area contributed by atoms with Crippen molar-refractivity contribution in [2.24, 2.45) is 22.9 Å². The quantitative estimate of drug-likeness (QED) is 0.0336. The molecule has 0 saturated heterocycles. The summed E-state index contributed by atoms with van der Waals surface area (Å²) in [5, 5.41) is 24.6. The van der Waals surface area contributed by atoms with Crippen molar-refractivity contribution in [2.75, 3.05) is 51.7 Å². The molecule has 58 heavy (non-hydrogen) atoms. The number of allylic oxidation sites excluding steroid dienone is 1. The van der Waals surface area contributed by atoms with E-state index in [9.17, 15) is 15.0 Å². The van der Waals surface area contributed by atoms with Crippen molar-refractivity contribution in [3.8, 4) is 11.5 Å². The van der Waals surface area contributed by atoms with Crippen molar-refractivity contribution in [1.82, 2.24) is 4.90 Å². The molecule has 1 heterocycles. The van der Waals surface area contributed by atoms with Crippen LogP contribution in [0.3, 0.4) is 0 Å². The van der Waals surface area contributed by atoms with E-state index in [1.807, 2.05) is 60.7 Å². The molecule has 6 rings (SSSR count). The number of rotatable bonds is 22. The molecule has 2 N–H and O–H groups in total. The number of carbonyl (C=O) groups excluding carboxylic acids is 1. The average molecular weight is 833 g/mol. The second kappa shape index (κ2) is 21.8. The number of alkyl halides is 1. The highest BCUT2D eigenvalue weighted by Crippen LogP contribution is 2.61. The highest BCUT2D eigenvalue weighted by Gasteiger charge is 2.65. The molecule has 6 atom stereocenters. The van der Waals surface area contributed by atoms with Gasteiger partial charge in [-0.15, -0.1) is 29.9 Å². The van der Waals surface area contributed by atoms with Crippen LogP contribution in [0.4, 0.5) is 4.79 Å². The Morgan fingerprint density at radius 3 is 2.48 bits per heavy atom. The van der Waals surface area contributed by atoms with Crippen molar-refractivity contribution >= 4 is 35.2 Å². The fraction of sp³-hybridized carbons (Fsp3) is 0.478. The van der Waals surface area contributed by atoms with Crippen LogP contribution in [0.15, 0.2) is 113 Å². The number of halogens is 1. The smallest absolute Gasteiger partial charge is 0.410 e. The second-order valence-electron chi connectivity index (χ2n) is 15.0. The highest BCUT2D eigenvalue weighted by molar-refractivity contribution is 7.99. The summed E-state index contributed by atoms with van der Waals surface area (Å²) in [6, 6.07) is 25.5. The number of fused-ring (bicyclic) bond motifs is 2. The molecule has 0 spiro atoms. The first-order valence-electron chi connectivity index (χ1n) is 20.4. The van der Waals surface area contributed by atoms with Crippen molar-refractivity contribution < 1.29 is 38.8 Å². The summed E-state index contributed by atoms with van der Waals surface area (Å²) in [4.78, 5) is 22.6. The van der Waals surface area contributed by atoms with Crippen molar-refractivity contribution in [3.63, 3.8) is 0 Å². The molecular formula is C46H57ClN2O8S. The van der Waals surface area contributed by atoms with E-state index in [1.54, 1.807) is 29.8 Å². The third kappa shape index (κ3) is 10.4. The largest absolute Gasteiger partial charge is 0.493 e. The lowest BCUT2D eigenvalue weighted by atomic mass is 9.55. The van der Waals surface area contributed by atoms with Gasteiger partial charge in [-0.2, -0.15) is 0 Å². The van der Waals surface area contributed by atoms with Gasteiger partial charge in [0.2, 0.25) is 5.79 Å². The van der Waals surface area contributed by atoms with E-state index in [0.717, 1.165) is 53.9 Å². The zero-order valence-corrected chi connectivity index (χ0v) is 35.0. The number of hydrogen-bond donors (Lipinski definition) is 2. The average Bonchev–Trinajstić information content (AvgIpc) is 3.25. The molecule has 0 radical (unpaired) electrons. The van der Waals surface area contributed by atoms with Crippen LogP contribution >= 0.6 is 23.4 Å². The minimum atomic E-state index is -1.37. The predicted octanol–water partition coefficient (Wildman–Crippen LogP) is 9.00. The summed E-state index contributed by atoms with van der Waals surface area (Å²) in [5.41, 5.74) is 3.66. The van der Waals surface area contributed by atoms with Crippen LogP contribution in [0, 0.1) is 17.8 Å². The molecule has 1 amide bonds. The molecule has 3 aliphatic rings. The maximum atomic E-state index is 13.8. The van der Waals surface area contributed by atoms with Crippen LogP contribution in [-0.4, -0.2) is 90.5 Å². The zero-order chi connectivity index (χ0) is 40.7. The van der Waals surface area contributed by atoms with Crippen LogP contribution < -0.4 is 9.47 Å². The van der Waals surface area contributed by atoms with E-state index < -0.39 is 23.8 Å².